The molecular weight excluding hydrogens is 454 g/mol. The molecule has 2 atom stereocenters. The van der Waals surface area contributed by atoms with Gasteiger partial charge >= 0.3 is 5.97 Å². The highest BCUT2D eigenvalue weighted by molar-refractivity contribution is 5.76. The van der Waals surface area contributed by atoms with E-state index in [9.17, 15) is 4.79 Å². The Hall–Kier alpha value is -3.90. The predicted molar refractivity (Wildman–Crippen MR) is 134 cm³/mol. The van der Waals surface area contributed by atoms with Crippen LogP contribution in [0.1, 0.15) is 44.1 Å². The third-order valence-corrected chi connectivity index (χ3v) is 7.23. The van der Waals surface area contributed by atoms with Crippen molar-refractivity contribution >= 4 is 5.97 Å². The quantitative estimate of drug-likeness (QED) is 0.159. The van der Waals surface area contributed by atoms with Crippen molar-refractivity contribution in [3.8, 4) is 28.3 Å². The molecule has 3 aromatic carbocycles. The van der Waals surface area contributed by atoms with Crippen LogP contribution >= 0.6 is 0 Å². The van der Waals surface area contributed by atoms with Gasteiger partial charge in [0.25, 0.3) is 0 Å². The summed E-state index contributed by atoms with van der Waals surface area (Å²) < 4.78 is 12.8. The Labute approximate surface area is 209 Å². The number of hydrogen-bond acceptors (Lipinski definition) is 6. The summed E-state index contributed by atoms with van der Waals surface area (Å²) >= 11 is 0. The van der Waals surface area contributed by atoms with Gasteiger partial charge in [0.15, 0.2) is 17.4 Å². The fourth-order valence-electron chi connectivity index (χ4n) is 5.57. The standard InChI is InChI=1S/C30H27NO5/c1-21(32)34-35-25-15-8-14-24(20-25)30-18-9-17-29(30,36-30)19-16-26-31-27(22-10-4-2-5-11-22)28(33-26)23-12-6-3-7-13-23/h2-8,10-15,20H,9,16-19H2,1H3. The second-order valence-corrected chi connectivity index (χ2v) is 9.48. The van der Waals surface area contributed by atoms with Crippen LogP contribution in [-0.4, -0.2) is 16.6 Å². The molecule has 0 spiro atoms. The molecule has 1 aliphatic carbocycles. The maximum absolute atomic E-state index is 11.1. The maximum Gasteiger partial charge on any atom is 0.352 e. The zero-order valence-corrected chi connectivity index (χ0v) is 20.1. The Morgan fingerprint density at radius 3 is 2.44 bits per heavy atom. The van der Waals surface area contributed by atoms with Crippen LogP contribution < -0.4 is 4.89 Å². The van der Waals surface area contributed by atoms with Gasteiger partial charge in [-0.1, -0.05) is 72.8 Å². The summed E-state index contributed by atoms with van der Waals surface area (Å²) in [5, 5.41) is 0. The predicted octanol–water partition coefficient (Wildman–Crippen LogP) is 6.65. The molecule has 0 N–H and O–H groups in total. The number of nitrogens with zero attached hydrogens (tertiary/aromatic N) is 1. The minimum Gasteiger partial charge on any atom is -0.440 e. The van der Waals surface area contributed by atoms with Gasteiger partial charge in [-0.2, -0.15) is 0 Å². The first-order valence-corrected chi connectivity index (χ1v) is 12.3. The van der Waals surface area contributed by atoms with E-state index in [0.29, 0.717) is 18.1 Å². The normalized spacial score (nSPS) is 22.1. The molecule has 2 unspecified atom stereocenters. The smallest absolute Gasteiger partial charge is 0.352 e. The monoisotopic (exact) mass is 481 g/mol. The maximum atomic E-state index is 11.1. The minimum absolute atomic E-state index is 0.249. The Balaban J connectivity index is 1.24. The van der Waals surface area contributed by atoms with Crippen LogP contribution in [0.5, 0.6) is 5.75 Å². The lowest BCUT2D eigenvalue weighted by atomic mass is 9.86. The lowest BCUT2D eigenvalue weighted by Crippen LogP contribution is -2.19. The number of aryl methyl sites for hydroxylation is 1. The molecule has 0 bridgehead atoms. The Kier molecular flexibility index (Phi) is 5.61. The molecule has 0 radical (unpaired) electrons. The van der Waals surface area contributed by atoms with Crippen molar-refractivity contribution in [1.29, 1.82) is 0 Å². The first-order valence-electron chi connectivity index (χ1n) is 12.3. The third-order valence-electron chi connectivity index (χ3n) is 7.23. The lowest BCUT2D eigenvalue weighted by molar-refractivity contribution is -0.210. The van der Waals surface area contributed by atoms with Crippen molar-refractivity contribution in [2.24, 2.45) is 0 Å². The molecule has 4 aromatic rings. The molecule has 6 nitrogen and oxygen atoms in total. The molecule has 0 amide bonds. The first-order chi connectivity index (χ1) is 17.6. The molecule has 1 aromatic heterocycles. The lowest BCUT2D eigenvalue weighted by Gasteiger charge is -2.13. The Morgan fingerprint density at radius 2 is 1.69 bits per heavy atom. The van der Waals surface area contributed by atoms with E-state index in [4.69, 9.17) is 23.9 Å². The van der Waals surface area contributed by atoms with Gasteiger partial charge in [0.1, 0.15) is 16.9 Å². The van der Waals surface area contributed by atoms with Crippen molar-refractivity contribution in [2.45, 2.75) is 50.2 Å². The van der Waals surface area contributed by atoms with Gasteiger partial charge in [-0.3, -0.25) is 9.78 Å². The molecule has 1 aliphatic heterocycles. The van der Waals surface area contributed by atoms with Crippen molar-refractivity contribution in [1.82, 2.24) is 4.98 Å². The molecule has 6 heteroatoms. The summed E-state index contributed by atoms with van der Waals surface area (Å²) in [5.41, 5.74) is 3.36. The summed E-state index contributed by atoms with van der Waals surface area (Å²) in [6.07, 6.45) is 4.51. The fraction of sp³-hybridized carbons (Fsp3) is 0.267. The summed E-state index contributed by atoms with van der Waals surface area (Å²) in [4.78, 5) is 25.9. The van der Waals surface area contributed by atoms with E-state index >= 15 is 0 Å². The van der Waals surface area contributed by atoms with Crippen molar-refractivity contribution in [3.05, 3.63) is 96.4 Å². The van der Waals surface area contributed by atoms with E-state index in [2.05, 4.69) is 18.2 Å². The van der Waals surface area contributed by atoms with Crippen molar-refractivity contribution in [3.63, 3.8) is 0 Å². The van der Waals surface area contributed by atoms with E-state index in [0.717, 1.165) is 53.8 Å². The van der Waals surface area contributed by atoms with Gasteiger partial charge < -0.3 is 9.15 Å². The molecule has 182 valence electrons. The summed E-state index contributed by atoms with van der Waals surface area (Å²) in [6.45, 7) is 1.31. The van der Waals surface area contributed by atoms with Gasteiger partial charge in [-0.15, -0.1) is 0 Å². The van der Waals surface area contributed by atoms with Gasteiger partial charge in [0.05, 0.1) is 0 Å². The van der Waals surface area contributed by atoms with Crippen LogP contribution in [0, 0.1) is 0 Å². The number of epoxide rings is 1. The van der Waals surface area contributed by atoms with Gasteiger partial charge in [-0.05, 0) is 43.4 Å². The van der Waals surface area contributed by atoms with Crippen LogP contribution in [-0.2, 0) is 26.4 Å². The molecule has 2 aliphatic rings. The summed E-state index contributed by atoms with van der Waals surface area (Å²) in [6, 6.07) is 27.9. The number of carbonyl (C=O) groups excluding carboxylic acids is 1. The van der Waals surface area contributed by atoms with Gasteiger partial charge in [-0.25, -0.2) is 9.78 Å². The first kappa shape index (κ1) is 22.6. The average molecular weight is 482 g/mol. The Bertz CT molecular complexity index is 1330. The van der Waals surface area contributed by atoms with Gasteiger partial charge in [0.2, 0.25) is 0 Å². The van der Waals surface area contributed by atoms with Crippen LogP contribution in [0.3, 0.4) is 0 Å². The SMILES string of the molecule is CC(=O)OOc1cccc(C23CCCC2(CCc2nc(-c4ccccc4)c(-c4ccccc4)o2)O3)c1. The average Bonchev–Trinajstić information content (AvgIpc) is 3.19. The molecule has 2 heterocycles. The number of rotatable bonds is 8. The molecule has 1 saturated heterocycles. The number of carbonyl (C=O) groups is 1. The molecule has 2 fully saturated rings. The number of aromatic nitrogens is 1. The summed E-state index contributed by atoms with van der Waals surface area (Å²) in [7, 11) is 0. The van der Waals surface area contributed by atoms with Crippen LogP contribution in [0.2, 0.25) is 0 Å². The van der Waals surface area contributed by atoms with Crippen LogP contribution in [0.25, 0.3) is 22.6 Å². The molecular formula is C30H27NO5. The highest BCUT2D eigenvalue weighted by Crippen LogP contribution is 2.68. The highest BCUT2D eigenvalue weighted by Gasteiger charge is 2.72. The fourth-order valence-corrected chi connectivity index (χ4v) is 5.57. The number of hydrogen-bond donors (Lipinski definition) is 0. The molecule has 36 heavy (non-hydrogen) atoms. The third kappa shape index (κ3) is 3.97. The van der Waals surface area contributed by atoms with E-state index in [1.165, 1.54) is 6.92 Å². The topological polar surface area (TPSA) is 74.1 Å². The van der Waals surface area contributed by atoms with Gasteiger partial charge in [0, 0.05) is 24.5 Å². The van der Waals surface area contributed by atoms with Crippen molar-refractivity contribution in [2.75, 3.05) is 0 Å². The minimum atomic E-state index is -0.493. The van der Waals surface area contributed by atoms with E-state index in [1.807, 2.05) is 60.7 Å². The number of benzene rings is 3. The second kappa shape index (κ2) is 8.95. The number of ether oxygens (including phenoxy) is 1. The second-order valence-electron chi connectivity index (χ2n) is 9.48. The molecule has 1 saturated carbocycles. The van der Waals surface area contributed by atoms with Crippen LogP contribution in [0.4, 0.5) is 0 Å². The van der Waals surface area contributed by atoms with E-state index in [1.54, 1.807) is 6.07 Å². The molecule has 6 rings (SSSR count). The van der Waals surface area contributed by atoms with Crippen molar-refractivity contribution < 1.29 is 23.7 Å². The zero-order chi connectivity index (χ0) is 24.6. The number of oxazole rings is 1. The van der Waals surface area contributed by atoms with E-state index < -0.39 is 5.97 Å². The zero-order valence-electron chi connectivity index (χ0n) is 20.1. The Morgan fingerprint density at radius 1 is 0.944 bits per heavy atom. The largest absolute Gasteiger partial charge is 0.440 e. The highest BCUT2D eigenvalue weighted by atomic mass is 17.2. The number of fused-ring (bicyclic) bond motifs is 1. The summed E-state index contributed by atoms with van der Waals surface area (Å²) in [5.74, 6) is 1.50. The van der Waals surface area contributed by atoms with Crippen LogP contribution in [0.15, 0.2) is 89.3 Å². The van der Waals surface area contributed by atoms with E-state index in [-0.39, 0.29) is 11.2 Å².